The van der Waals surface area contributed by atoms with Crippen LogP contribution in [0.5, 0.6) is 0 Å². The Labute approximate surface area is 106 Å². The summed E-state index contributed by atoms with van der Waals surface area (Å²) in [4.78, 5) is 0. The number of aliphatic hydroxyl groups excluding tert-OH is 1. The molecule has 3 heterocycles. The Kier molecular flexibility index (Phi) is 2.75. The van der Waals surface area contributed by atoms with Gasteiger partial charge in [0.2, 0.25) is 0 Å². The quantitative estimate of drug-likeness (QED) is 0.735. The molecule has 0 spiro atoms. The van der Waals surface area contributed by atoms with Gasteiger partial charge in [-0.05, 0) is 27.7 Å². The Balaban J connectivity index is 1.75. The number of fused-ring (bicyclic) bond motifs is 1. The molecule has 6 nitrogen and oxygen atoms in total. The van der Waals surface area contributed by atoms with Gasteiger partial charge < -0.3 is 28.8 Å². The normalized spacial score (nSPS) is 49.5. The number of hydrogen-bond donors (Lipinski definition) is 1. The molecule has 0 radical (unpaired) electrons. The van der Waals surface area contributed by atoms with E-state index in [4.69, 9.17) is 23.7 Å². The van der Waals surface area contributed by atoms with Crippen molar-refractivity contribution in [3.8, 4) is 0 Å². The van der Waals surface area contributed by atoms with E-state index in [0.717, 1.165) is 0 Å². The molecule has 0 unspecified atom stereocenters. The molecular weight excluding hydrogens is 240 g/mol. The van der Waals surface area contributed by atoms with Crippen LogP contribution in [0.3, 0.4) is 0 Å². The molecule has 5 atom stereocenters. The Morgan fingerprint density at radius 3 is 2.17 bits per heavy atom. The van der Waals surface area contributed by atoms with Crippen molar-refractivity contribution in [3.05, 3.63) is 0 Å². The molecule has 0 amide bonds. The molecule has 6 heteroatoms. The summed E-state index contributed by atoms with van der Waals surface area (Å²) in [6.07, 6.45) is -2.38. The van der Waals surface area contributed by atoms with Crippen LogP contribution >= 0.6 is 0 Å². The second-order valence-electron chi connectivity index (χ2n) is 5.92. The van der Waals surface area contributed by atoms with Crippen LogP contribution in [0.2, 0.25) is 0 Å². The van der Waals surface area contributed by atoms with Gasteiger partial charge in [-0.1, -0.05) is 0 Å². The van der Waals surface area contributed by atoms with Gasteiger partial charge in [0.1, 0.15) is 24.4 Å². The average molecular weight is 260 g/mol. The first-order valence-corrected chi connectivity index (χ1v) is 6.28. The lowest BCUT2D eigenvalue weighted by molar-refractivity contribution is -0.236. The lowest BCUT2D eigenvalue weighted by Gasteiger charge is -2.26. The summed E-state index contributed by atoms with van der Waals surface area (Å²) in [5, 5.41) is 9.87. The maximum Gasteiger partial charge on any atom is 0.184 e. The van der Waals surface area contributed by atoms with Crippen molar-refractivity contribution in [2.45, 2.75) is 70.0 Å². The SMILES string of the molecule is CC1(C)O[C@@H]2[C@@H](O1)[C@@H](O)O[C@@H]2[C@@H]1COC(C)(C)O1. The molecule has 3 rings (SSSR count). The highest BCUT2D eigenvalue weighted by atomic mass is 16.8. The van der Waals surface area contributed by atoms with Crippen LogP contribution in [-0.4, -0.2) is 54.0 Å². The van der Waals surface area contributed by atoms with Gasteiger partial charge in [0.15, 0.2) is 17.9 Å². The van der Waals surface area contributed by atoms with E-state index in [9.17, 15) is 5.11 Å². The fourth-order valence-corrected chi connectivity index (χ4v) is 2.78. The number of aliphatic hydroxyl groups is 1. The average Bonchev–Trinajstić information content (AvgIpc) is 2.81. The molecule has 0 aromatic carbocycles. The largest absolute Gasteiger partial charge is 0.366 e. The third-order valence-corrected chi connectivity index (χ3v) is 3.46. The maximum absolute atomic E-state index is 9.87. The van der Waals surface area contributed by atoms with Crippen LogP contribution < -0.4 is 0 Å². The molecule has 3 aliphatic heterocycles. The van der Waals surface area contributed by atoms with Crippen molar-refractivity contribution >= 4 is 0 Å². The second kappa shape index (κ2) is 3.88. The van der Waals surface area contributed by atoms with Crippen molar-refractivity contribution in [2.24, 2.45) is 0 Å². The van der Waals surface area contributed by atoms with Gasteiger partial charge in [-0.15, -0.1) is 0 Å². The molecule has 104 valence electrons. The van der Waals surface area contributed by atoms with Gasteiger partial charge in [0.25, 0.3) is 0 Å². The molecule has 0 bridgehead atoms. The lowest BCUT2D eigenvalue weighted by atomic mass is 10.1. The summed E-state index contributed by atoms with van der Waals surface area (Å²) >= 11 is 0. The van der Waals surface area contributed by atoms with Crippen LogP contribution in [-0.2, 0) is 23.7 Å². The molecule has 0 aromatic heterocycles. The molecule has 1 N–H and O–H groups in total. The summed E-state index contributed by atoms with van der Waals surface area (Å²) in [5.74, 6) is -1.32. The van der Waals surface area contributed by atoms with E-state index < -0.39 is 24.0 Å². The molecule has 0 aliphatic carbocycles. The van der Waals surface area contributed by atoms with Crippen molar-refractivity contribution in [3.63, 3.8) is 0 Å². The van der Waals surface area contributed by atoms with Crippen LogP contribution in [0.1, 0.15) is 27.7 Å². The molecule has 18 heavy (non-hydrogen) atoms. The summed E-state index contributed by atoms with van der Waals surface area (Å²) < 4.78 is 28.2. The lowest BCUT2D eigenvalue weighted by Crippen LogP contribution is -2.40. The van der Waals surface area contributed by atoms with E-state index in [-0.39, 0.29) is 18.3 Å². The smallest absolute Gasteiger partial charge is 0.184 e. The van der Waals surface area contributed by atoms with E-state index in [1.165, 1.54) is 0 Å². The zero-order valence-corrected chi connectivity index (χ0v) is 11.1. The van der Waals surface area contributed by atoms with Crippen molar-refractivity contribution in [2.75, 3.05) is 6.61 Å². The van der Waals surface area contributed by atoms with E-state index in [0.29, 0.717) is 6.61 Å². The number of ether oxygens (including phenoxy) is 5. The first kappa shape index (κ1) is 12.8. The van der Waals surface area contributed by atoms with Gasteiger partial charge in [-0.2, -0.15) is 0 Å². The van der Waals surface area contributed by atoms with E-state index in [2.05, 4.69) is 0 Å². The van der Waals surface area contributed by atoms with Crippen LogP contribution in [0.25, 0.3) is 0 Å². The van der Waals surface area contributed by atoms with E-state index in [1.54, 1.807) is 0 Å². The Morgan fingerprint density at radius 1 is 0.889 bits per heavy atom. The Hall–Kier alpha value is -0.240. The van der Waals surface area contributed by atoms with Gasteiger partial charge >= 0.3 is 0 Å². The predicted molar refractivity (Wildman–Crippen MR) is 59.6 cm³/mol. The monoisotopic (exact) mass is 260 g/mol. The first-order chi connectivity index (χ1) is 8.27. The third kappa shape index (κ3) is 2.07. The molecular formula is C12H20O6. The summed E-state index contributed by atoms with van der Waals surface area (Å²) in [7, 11) is 0. The van der Waals surface area contributed by atoms with Gasteiger partial charge in [-0.25, -0.2) is 0 Å². The highest BCUT2D eigenvalue weighted by Crippen LogP contribution is 2.41. The number of hydrogen-bond acceptors (Lipinski definition) is 6. The summed E-state index contributed by atoms with van der Waals surface area (Å²) in [6, 6.07) is 0. The minimum Gasteiger partial charge on any atom is -0.366 e. The van der Waals surface area contributed by atoms with Crippen molar-refractivity contribution < 1.29 is 28.8 Å². The van der Waals surface area contributed by atoms with E-state index in [1.807, 2.05) is 27.7 Å². The third-order valence-electron chi connectivity index (χ3n) is 3.46. The fraction of sp³-hybridized carbons (Fsp3) is 1.00. The standard InChI is InChI=1S/C12H20O6/c1-11(2)14-5-6(16-11)7-8-9(10(13)15-7)18-12(3,4)17-8/h6-10,13H,5H2,1-4H3/t6-,7+,8-,9+,10-/m0/s1. The molecule has 3 fully saturated rings. The van der Waals surface area contributed by atoms with Gasteiger partial charge in [-0.3, -0.25) is 0 Å². The number of rotatable bonds is 1. The summed E-state index contributed by atoms with van der Waals surface area (Å²) in [5.41, 5.74) is 0. The van der Waals surface area contributed by atoms with E-state index >= 15 is 0 Å². The molecule has 0 saturated carbocycles. The highest BCUT2D eigenvalue weighted by Gasteiger charge is 2.58. The Bertz CT molecular complexity index is 341. The first-order valence-electron chi connectivity index (χ1n) is 6.28. The van der Waals surface area contributed by atoms with Gasteiger partial charge in [0.05, 0.1) is 6.61 Å². The second-order valence-corrected chi connectivity index (χ2v) is 5.92. The highest BCUT2D eigenvalue weighted by molar-refractivity contribution is 4.99. The molecule has 3 aliphatic rings. The molecule has 0 aromatic rings. The summed E-state index contributed by atoms with van der Waals surface area (Å²) in [6.45, 7) is 7.78. The maximum atomic E-state index is 9.87. The topological polar surface area (TPSA) is 66.4 Å². The minimum atomic E-state index is -0.978. The minimum absolute atomic E-state index is 0.248. The van der Waals surface area contributed by atoms with Crippen LogP contribution in [0.15, 0.2) is 0 Å². The van der Waals surface area contributed by atoms with Crippen LogP contribution in [0, 0.1) is 0 Å². The fourth-order valence-electron chi connectivity index (χ4n) is 2.78. The van der Waals surface area contributed by atoms with Crippen LogP contribution in [0.4, 0.5) is 0 Å². The van der Waals surface area contributed by atoms with Gasteiger partial charge in [0, 0.05) is 0 Å². The van der Waals surface area contributed by atoms with Crippen molar-refractivity contribution in [1.29, 1.82) is 0 Å². The Morgan fingerprint density at radius 2 is 1.56 bits per heavy atom. The molecule has 3 saturated heterocycles. The zero-order valence-electron chi connectivity index (χ0n) is 11.1. The van der Waals surface area contributed by atoms with Crippen molar-refractivity contribution in [1.82, 2.24) is 0 Å². The zero-order chi connectivity index (χ0) is 13.1. The predicted octanol–water partition coefficient (Wildman–Crippen LogP) is 0.375.